The molecule has 20 heavy (non-hydrogen) atoms. The smallest absolute Gasteiger partial charge is 0.161 e. The van der Waals surface area contributed by atoms with Crippen LogP contribution in [0.3, 0.4) is 0 Å². The fourth-order valence-corrected chi connectivity index (χ4v) is 1.50. The first-order valence-electron chi connectivity index (χ1n) is 7.24. The molecule has 0 radical (unpaired) electrons. The molecule has 2 unspecified atom stereocenters. The topological polar surface area (TPSA) is 68.2 Å². The Bertz CT molecular complexity index is 214. The molecule has 0 bridgehead atoms. The minimum Gasteiger partial charge on any atom is -0.396 e. The van der Waals surface area contributed by atoms with E-state index in [1.54, 1.807) is 14.2 Å². The summed E-state index contributed by atoms with van der Waals surface area (Å²) in [5.74, 6) is -0.417. The second-order valence-corrected chi connectivity index (χ2v) is 5.51. The van der Waals surface area contributed by atoms with Gasteiger partial charge in [0.2, 0.25) is 0 Å². The van der Waals surface area contributed by atoms with E-state index in [0.29, 0.717) is 6.42 Å². The predicted octanol–water partition coefficient (Wildman–Crippen LogP) is 2.34. The highest BCUT2D eigenvalue weighted by Crippen LogP contribution is 2.34. The molecule has 1 rings (SSSR count). The Hall–Kier alpha value is -0.200. The Morgan fingerprint density at radius 1 is 1.25 bits per heavy atom. The van der Waals surface area contributed by atoms with E-state index in [1.807, 2.05) is 41.5 Å². The average Bonchev–Trinajstić information content (AvgIpc) is 2.39. The number of ether oxygens (including phenoxy) is 3. The van der Waals surface area contributed by atoms with Gasteiger partial charge in [-0.05, 0) is 34.1 Å². The minimum absolute atomic E-state index is 0.0292. The molecule has 0 aromatic heterocycles. The maximum atomic E-state index is 9.32. The predicted molar refractivity (Wildman–Crippen MR) is 80.7 cm³/mol. The zero-order valence-electron chi connectivity index (χ0n) is 14.4. The SMILES string of the molecule is CC.CC1(C)CC(C(O)CCO)O1.COC(C)(C)OC. The minimum atomic E-state index is -0.493. The summed E-state index contributed by atoms with van der Waals surface area (Å²) < 4.78 is 15.1. The highest BCUT2D eigenvalue weighted by atomic mass is 16.7. The number of methoxy groups -OCH3 is 2. The summed E-state index contributed by atoms with van der Waals surface area (Å²) in [4.78, 5) is 0. The molecule has 0 amide bonds. The summed E-state index contributed by atoms with van der Waals surface area (Å²) >= 11 is 0. The maximum absolute atomic E-state index is 9.32. The molecule has 1 aliphatic heterocycles. The lowest BCUT2D eigenvalue weighted by Crippen LogP contribution is -2.51. The van der Waals surface area contributed by atoms with Gasteiger partial charge in [-0.3, -0.25) is 0 Å². The van der Waals surface area contributed by atoms with E-state index < -0.39 is 11.9 Å². The van der Waals surface area contributed by atoms with Crippen LogP contribution >= 0.6 is 0 Å². The Balaban J connectivity index is 0. The number of hydrogen-bond acceptors (Lipinski definition) is 5. The summed E-state index contributed by atoms with van der Waals surface area (Å²) in [6, 6.07) is 0. The summed E-state index contributed by atoms with van der Waals surface area (Å²) in [5.41, 5.74) is -0.0684. The highest BCUT2D eigenvalue weighted by molar-refractivity contribution is 4.89. The summed E-state index contributed by atoms with van der Waals surface area (Å²) in [7, 11) is 3.23. The molecule has 1 heterocycles. The van der Waals surface area contributed by atoms with Gasteiger partial charge in [-0.2, -0.15) is 0 Å². The lowest BCUT2D eigenvalue weighted by molar-refractivity contribution is -0.221. The fourth-order valence-electron chi connectivity index (χ4n) is 1.50. The monoisotopic (exact) mass is 294 g/mol. The third kappa shape index (κ3) is 9.66. The first kappa shape index (κ1) is 22.1. The largest absolute Gasteiger partial charge is 0.396 e. The highest BCUT2D eigenvalue weighted by Gasteiger charge is 2.40. The molecule has 0 aliphatic carbocycles. The van der Waals surface area contributed by atoms with Crippen molar-refractivity contribution in [3.05, 3.63) is 0 Å². The van der Waals surface area contributed by atoms with Crippen molar-refractivity contribution in [3.8, 4) is 0 Å². The van der Waals surface area contributed by atoms with Crippen molar-refractivity contribution < 1.29 is 24.4 Å². The van der Waals surface area contributed by atoms with Crippen LogP contribution in [-0.2, 0) is 14.2 Å². The van der Waals surface area contributed by atoms with Gasteiger partial charge in [0.15, 0.2) is 5.79 Å². The van der Waals surface area contributed by atoms with Gasteiger partial charge in [0.1, 0.15) is 0 Å². The van der Waals surface area contributed by atoms with E-state index in [2.05, 4.69) is 0 Å². The van der Waals surface area contributed by atoms with Gasteiger partial charge in [0.25, 0.3) is 0 Å². The van der Waals surface area contributed by atoms with Crippen LogP contribution < -0.4 is 0 Å². The summed E-state index contributed by atoms with van der Waals surface area (Å²) in [5, 5.41) is 17.8. The fraction of sp³-hybridized carbons (Fsp3) is 1.00. The second-order valence-electron chi connectivity index (χ2n) is 5.51. The molecular formula is C15H34O5. The lowest BCUT2D eigenvalue weighted by Gasteiger charge is -2.45. The van der Waals surface area contributed by atoms with Crippen molar-refractivity contribution in [1.29, 1.82) is 0 Å². The molecule has 1 saturated heterocycles. The Morgan fingerprint density at radius 2 is 1.65 bits per heavy atom. The standard InChI is InChI=1S/C8H16O3.C5H12O2.C2H6/c1-8(2)5-7(11-8)6(10)3-4-9;1-5(2,6-3)7-4;1-2/h6-7,9-10H,3-5H2,1-2H3;1-4H3;1-2H3. The van der Waals surface area contributed by atoms with E-state index >= 15 is 0 Å². The van der Waals surface area contributed by atoms with E-state index in [9.17, 15) is 5.11 Å². The zero-order chi connectivity index (χ0) is 16.4. The molecule has 124 valence electrons. The van der Waals surface area contributed by atoms with Crippen LogP contribution in [0.5, 0.6) is 0 Å². The van der Waals surface area contributed by atoms with Crippen LogP contribution in [0, 0.1) is 0 Å². The molecular weight excluding hydrogens is 260 g/mol. The van der Waals surface area contributed by atoms with Crippen molar-refractivity contribution >= 4 is 0 Å². The second kappa shape index (κ2) is 10.5. The van der Waals surface area contributed by atoms with Gasteiger partial charge in [-0.15, -0.1) is 0 Å². The normalized spacial score (nSPS) is 21.6. The molecule has 5 nitrogen and oxygen atoms in total. The Kier molecular flexibility index (Phi) is 11.6. The Morgan fingerprint density at radius 3 is 1.85 bits per heavy atom. The van der Waals surface area contributed by atoms with Crippen molar-refractivity contribution in [2.24, 2.45) is 0 Å². The van der Waals surface area contributed by atoms with Crippen molar-refractivity contribution in [2.75, 3.05) is 20.8 Å². The van der Waals surface area contributed by atoms with Gasteiger partial charge >= 0.3 is 0 Å². The zero-order valence-corrected chi connectivity index (χ0v) is 14.4. The van der Waals surface area contributed by atoms with Crippen LogP contribution in [0.2, 0.25) is 0 Å². The molecule has 0 aromatic carbocycles. The summed E-state index contributed by atoms with van der Waals surface area (Å²) in [6.07, 6.45) is 0.750. The number of rotatable bonds is 5. The molecule has 0 saturated carbocycles. The van der Waals surface area contributed by atoms with Gasteiger partial charge in [-0.25, -0.2) is 0 Å². The quantitative estimate of drug-likeness (QED) is 0.762. The number of aliphatic hydroxyl groups excluding tert-OH is 2. The van der Waals surface area contributed by atoms with E-state index in [1.165, 1.54) is 0 Å². The molecule has 2 N–H and O–H groups in total. The third-order valence-electron chi connectivity index (χ3n) is 3.00. The van der Waals surface area contributed by atoms with Crippen molar-refractivity contribution in [1.82, 2.24) is 0 Å². The first-order valence-corrected chi connectivity index (χ1v) is 7.24. The van der Waals surface area contributed by atoms with Crippen LogP contribution in [0.15, 0.2) is 0 Å². The van der Waals surface area contributed by atoms with E-state index in [4.69, 9.17) is 19.3 Å². The van der Waals surface area contributed by atoms with E-state index in [0.717, 1.165) is 6.42 Å². The molecule has 0 aromatic rings. The number of aliphatic hydroxyl groups is 2. The Labute approximate surface area is 124 Å². The molecule has 1 aliphatic rings. The van der Waals surface area contributed by atoms with Crippen molar-refractivity contribution in [3.63, 3.8) is 0 Å². The molecule has 0 spiro atoms. The first-order chi connectivity index (χ1) is 9.17. The third-order valence-corrected chi connectivity index (χ3v) is 3.00. The molecule has 5 heteroatoms. The summed E-state index contributed by atoms with van der Waals surface area (Å²) in [6.45, 7) is 11.7. The van der Waals surface area contributed by atoms with Gasteiger partial charge in [0, 0.05) is 27.2 Å². The molecule has 2 atom stereocenters. The van der Waals surface area contributed by atoms with E-state index in [-0.39, 0.29) is 18.3 Å². The number of hydrogen-bond donors (Lipinski definition) is 2. The van der Waals surface area contributed by atoms with Gasteiger partial charge in [0.05, 0.1) is 17.8 Å². The lowest BCUT2D eigenvalue weighted by atomic mass is 9.89. The van der Waals surface area contributed by atoms with Crippen LogP contribution in [0.25, 0.3) is 0 Å². The molecule has 1 fully saturated rings. The van der Waals surface area contributed by atoms with Crippen LogP contribution in [0.1, 0.15) is 54.4 Å². The van der Waals surface area contributed by atoms with Crippen LogP contribution in [0.4, 0.5) is 0 Å². The average molecular weight is 294 g/mol. The van der Waals surface area contributed by atoms with Gasteiger partial charge < -0.3 is 24.4 Å². The van der Waals surface area contributed by atoms with Crippen molar-refractivity contribution in [2.45, 2.75) is 78.0 Å². The van der Waals surface area contributed by atoms with Gasteiger partial charge in [-0.1, -0.05) is 13.8 Å². The maximum Gasteiger partial charge on any atom is 0.161 e. The van der Waals surface area contributed by atoms with Crippen LogP contribution in [-0.4, -0.2) is 54.6 Å².